The van der Waals surface area contributed by atoms with Crippen LogP contribution in [0, 0.1) is 0 Å². The molecule has 0 aliphatic carbocycles. The van der Waals surface area contributed by atoms with E-state index in [1.807, 2.05) is 39.0 Å². The Hall–Kier alpha value is -2.03. The second-order valence-electron chi connectivity index (χ2n) is 7.76. The Bertz CT molecular complexity index is 861. The van der Waals surface area contributed by atoms with Crippen LogP contribution in [0.3, 0.4) is 0 Å². The summed E-state index contributed by atoms with van der Waals surface area (Å²) in [6.45, 7) is 12.4. The Morgan fingerprint density at radius 3 is 2.48 bits per heavy atom. The van der Waals surface area contributed by atoms with E-state index in [4.69, 9.17) is 9.15 Å². The van der Waals surface area contributed by atoms with E-state index in [2.05, 4.69) is 20.8 Å². The van der Waals surface area contributed by atoms with E-state index >= 15 is 0 Å². The van der Waals surface area contributed by atoms with Crippen molar-refractivity contribution < 1.29 is 9.15 Å². The third kappa shape index (κ3) is 2.69. The second-order valence-corrected chi connectivity index (χ2v) is 7.76. The quantitative estimate of drug-likeness (QED) is 0.756. The van der Waals surface area contributed by atoms with Crippen LogP contribution in [0.15, 0.2) is 27.4 Å². The van der Waals surface area contributed by atoms with E-state index in [1.54, 1.807) is 6.07 Å². The fourth-order valence-corrected chi connectivity index (χ4v) is 2.92. The topological polar surface area (TPSA) is 39.4 Å². The number of hydrogen-bond donors (Lipinski definition) is 0. The monoisotopic (exact) mass is 312 g/mol. The van der Waals surface area contributed by atoms with Crippen LogP contribution in [-0.4, -0.2) is 5.60 Å². The standard InChI is InChI=1S/C20H24O3/c1-7-12-10-16(21)14-11-15(19(2,3)4)18-13(17(14)22-12)8-9-20(5,6)23-18/h8-11H,7H2,1-6H3. The molecule has 2 heterocycles. The maximum atomic E-state index is 12.5. The molecule has 0 amide bonds. The van der Waals surface area contributed by atoms with E-state index in [0.29, 0.717) is 23.2 Å². The zero-order chi connectivity index (χ0) is 17.0. The summed E-state index contributed by atoms with van der Waals surface area (Å²) in [5.41, 5.74) is 2.05. The lowest BCUT2D eigenvalue weighted by molar-refractivity contribution is 0.155. The zero-order valence-electron chi connectivity index (χ0n) is 14.7. The maximum Gasteiger partial charge on any atom is 0.192 e. The summed E-state index contributed by atoms with van der Waals surface area (Å²) in [5, 5.41) is 0.624. The first kappa shape index (κ1) is 15.9. The summed E-state index contributed by atoms with van der Waals surface area (Å²) in [7, 11) is 0. The minimum absolute atomic E-state index is 0.00892. The van der Waals surface area contributed by atoms with Gasteiger partial charge in [-0.25, -0.2) is 0 Å². The van der Waals surface area contributed by atoms with Gasteiger partial charge >= 0.3 is 0 Å². The molecule has 3 rings (SSSR count). The molecule has 0 radical (unpaired) electrons. The van der Waals surface area contributed by atoms with Gasteiger partial charge in [-0.15, -0.1) is 0 Å². The van der Waals surface area contributed by atoms with E-state index in [-0.39, 0.29) is 16.4 Å². The predicted molar refractivity (Wildman–Crippen MR) is 94.3 cm³/mol. The Labute approximate surface area is 137 Å². The molecule has 0 saturated carbocycles. The van der Waals surface area contributed by atoms with Gasteiger partial charge in [0.05, 0.1) is 10.9 Å². The van der Waals surface area contributed by atoms with Crippen molar-refractivity contribution in [1.82, 2.24) is 0 Å². The van der Waals surface area contributed by atoms with Crippen LogP contribution in [0.5, 0.6) is 5.75 Å². The molecular weight excluding hydrogens is 288 g/mol. The molecule has 1 aromatic carbocycles. The molecule has 3 nitrogen and oxygen atoms in total. The van der Waals surface area contributed by atoms with Gasteiger partial charge in [0.2, 0.25) is 0 Å². The average Bonchev–Trinajstić information content (AvgIpc) is 2.43. The van der Waals surface area contributed by atoms with Gasteiger partial charge in [-0.3, -0.25) is 4.79 Å². The molecule has 0 atom stereocenters. The number of rotatable bonds is 1. The molecule has 0 N–H and O–H groups in total. The van der Waals surface area contributed by atoms with E-state index in [9.17, 15) is 4.79 Å². The lowest BCUT2D eigenvalue weighted by Gasteiger charge is -2.33. The van der Waals surface area contributed by atoms with Crippen molar-refractivity contribution in [2.45, 2.75) is 59.0 Å². The SMILES string of the molecule is CCc1cc(=O)c2cc(C(C)(C)C)c3c(c2o1)C=CC(C)(C)O3. The van der Waals surface area contributed by atoms with Crippen LogP contribution in [0.1, 0.15) is 58.4 Å². The fraction of sp³-hybridized carbons (Fsp3) is 0.450. The molecule has 3 heteroatoms. The lowest BCUT2D eigenvalue weighted by Crippen LogP contribution is -2.30. The highest BCUT2D eigenvalue weighted by molar-refractivity contribution is 5.91. The Kier molecular flexibility index (Phi) is 3.44. The summed E-state index contributed by atoms with van der Waals surface area (Å²) in [6.07, 6.45) is 4.73. The van der Waals surface area contributed by atoms with Crippen molar-refractivity contribution in [3.05, 3.63) is 45.3 Å². The highest BCUT2D eigenvalue weighted by atomic mass is 16.5. The van der Waals surface area contributed by atoms with E-state index in [1.165, 1.54) is 0 Å². The zero-order valence-corrected chi connectivity index (χ0v) is 14.7. The maximum absolute atomic E-state index is 12.5. The van der Waals surface area contributed by atoms with Gasteiger partial charge in [-0.05, 0) is 37.5 Å². The van der Waals surface area contributed by atoms with Gasteiger partial charge in [-0.1, -0.05) is 27.7 Å². The lowest BCUT2D eigenvalue weighted by atomic mass is 9.83. The van der Waals surface area contributed by atoms with Crippen LogP contribution in [0.2, 0.25) is 0 Å². The molecule has 0 fully saturated rings. The number of fused-ring (bicyclic) bond motifs is 3. The number of aryl methyl sites for hydroxylation is 1. The first-order chi connectivity index (χ1) is 10.6. The molecule has 23 heavy (non-hydrogen) atoms. The van der Waals surface area contributed by atoms with Crippen molar-refractivity contribution in [1.29, 1.82) is 0 Å². The Balaban J connectivity index is 2.46. The van der Waals surface area contributed by atoms with E-state index < -0.39 is 0 Å². The van der Waals surface area contributed by atoms with Crippen molar-refractivity contribution >= 4 is 17.0 Å². The fourth-order valence-electron chi connectivity index (χ4n) is 2.92. The summed E-state index contributed by atoms with van der Waals surface area (Å²) < 4.78 is 12.2. The normalized spacial score (nSPS) is 16.3. The van der Waals surface area contributed by atoms with Gasteiger partial charge in [0, 0.05) is 18.1 Å². The smallest absolute Gasteiger partial charge is 0.192 e. The summed E-state index contributed by atoms with van der Waals surface area (Å²) in [5.74, 6) is 1.53. The molecule has 1 aromatic heterocycles. The average molecular weight is 312 g/mol. The molecule has 0 unspecified atom stereocenters. The van der Waals surface area contributed by atoms with Crippen molar-refractivity contribution in [3.8, 4) is 5.75 Å². The number of benzene rings is 1. The molecule has 1 aliphatic heterocycles. The minimum atomic E-state index is -0.372. The van der Waals surface area contributed by atoms with Gasteiger partial charge < -0.3 is 9.15 Å². The molecule has 2 aromatic rings. The molecule has 0 spiro atoms. The van der Waals surface area contributed by atoms with Gasteiger partial charge in [-0.2, -0.15) is 0 Å². The summed E-state index contributed by atoms with van der Waals surface area (Å²) >= 11 is 0. The van der Waals surface area contributed by atoms with Crippen LogP contribution in [-0.2, 0) is 11.8 Å². The molecular formula is C20H24O3. The van der Waals surface area contributed by atoms with Crippen molar-refractivity contribution in [2.75, 3.05) is 0 Å². The van der Waals surface area contributed by atoms with Gasteiger partial charge in [0.25, 0.3) is 0 Å². The summed E-state index contributed by atoms with van der Waals surface area (Å²) in [4.78, 5) is 12.5. The third-order valence-corrected chi connectivity index (χ3v) is 4.23. The highest BCUT2D eigenvalue weighted by Gasteiger charge is 2.31. The molecule has 0 bridgehead atoms. The van der Waals surface area contributed by atoms with Gasteiger partial charge in [0.15, 0.2) is 5.43 Å². The van der Waals surface area contributed by atoms with Crippen LogP contribution >= 0.6 is 0 Å². The highest BCUT2D eigenvalue weighted by Crippen LogP contribution is 2.43. The minimum Gasteiger partial charge on any atom is -0.483 e. The summed E-state index contributed by atoms with van der Waals surface area (Å²) in [6, 6.07) is 3.53. The van der Waals surface area contributed by atoms with Crippen molar-refractivity contribution in [2.24, 2.45) is 0 Å². The molecule has 0 saturated heterocycles. The van der Waals surface area contributed by atoms with Crippen molar-refractivity contribution in [3.63, 3.8) is 0 Å². The van der Waals surface area contributed by atoms with Gasteiger partial charge in [0.1, 0.15) is 22.7 Å². The largest absolute Gasteiger partial charge is 0.483 e. The van der Waals surface area contributed by atoms with Crippen LogP contribution in [0.4, 0.5) is 0 Å². The number of ether oxygens (including phenoxy) is 1. The number of hydrogen-bond acceptors (Lipinski definition) is 3. The van der Waals surface area contributed by atoms with Crippen LogP contribution < -0.4 is 10.2 Å². The third-order valence-electron chi connectivity index (χ3n) is 4.23. The molecule has 122 valence electrons. The second kappa shape index (κ2) is 4.98. The predicted octanol–water partition coefficient (Wildman–Crippen LogP) is 4.84. The Morgan fingerprint density at radius 1 is 1.17 bits per heavy atom. The first-order valence-corrected chi connectivity index (χ1v) is 8.15. The van der Waals surface area contributed by atoms with E-state index in [0.717, 1.165) is 16.9 Å². The Morgan fingerprint density at radius 2 is 1.87 bits per heavy atom. The van der Waals surface area contributed by atoms with Crippen LogP contribution in [0.25, 0.3) is 17.0 Å². The molecule has 1 aliphatic rings. The first-order valence-electron chi connectivity index (χ1n) is 8.15.